The summed E-state index contributed by atoms with van der Waals surface area (Å²) in [5.74, 6) is 2.38. The molecular formula is C24H39N5O3. The molecule has 2 aliphatic heterocycles. The van der Waals surface area contributed by atoms with Crippen molar-refractivity contribution in [1.82, 2.24) is 15.1 Å². The number of benzene rings is 1. The fourth-order valence-corrected chi connectivity index (χ4v) is 4.20. The summed E-state index contributed by atoms with van der Waals surface area (Å²) in [6.07, 6.45) is 1.76. The molecule has 2 fully saturated rings. The summed E-state index contributed by atoms with van der Waals surface area (Å²) in [4.78, 5) is 23.3. The predicted octanol–water partition coefficient (Wildman–Crippen LogP) is 3.04. The number of nitrogens with one attached hydrogen (secondary N) is 1. The van der Waals surface area contributed by atoms with Crippen molar-refractivity contribution in [2.45, 2.75) is 39.2 Å². The first-order valence-electron chi connectivity index (χ1n) is 11.6. The van der Waals surface area contributed by atoms with Gasteiger partial charge in [0.15, 0.2) is 5.96 Å². The molecule has 0 saturated carbocycles. The predicted molar refractivity (Wildman–Crippen MR) is 129 cm³/mol. The maximum absolute atomic E-state index is 12.3. The largest absolute Gasteiger partial charge is 0.497 e. The van der Waals surface area contributed by atoms with Crippen LogP contribution in [0.25, 0.3) is 0 Å². The van der Waals surface area contributed by atoms with Gasteiger partial charge in [-0.25, -0.2) is 4.79 Å². The highest BCUT2D eigenvalue weighted by Crippen LogP contribution is 2.22. The van der Waals surface area contributed by atoms with E-state index >= 15 is 0 Å². The van der Waals surface area contributed by atoms with E-state index in [1.807, 2.05) is 44.9 Å². The van der Waals surface area contributed by atoms with E-state index in [1.54, 1.807) is 7.11 Å². The number of piperazine rings is 1. The number of hydrogen-bond donors (Lipinski definition) is 1. The summed E-state index contributed by atoms with van der Waals surface area (Å²) in [6.45, 7) is 11.8. The quantitative estimate of drug-likeness (QED) is 0.568. The highest BCUT2D eigenvalue weighted by Gasteiger charge is 2.27. The lowest BCUT2D eigenvalue weighted by Crippen LogP contribution is -2.53. The van der Waals surface area contributed by atoms with Crippen molar-refractivity contribution in [2.24, 2.45) is 10.9 Å². The Bertz CT molecular complexity index is 776. The minimum Gasteiger partial charge on any atom is -0.497 e. The summed E-state index contributed by atoms with van der Waals surface area (Å²) < 4.78 is 10.9. The van der Waals surface area contributed by atoms with Gasteiger partial charge in [-0.2, -0.15) is 0 Å². The molecule has 0 aromatic heterocycles. The topological polar surface area (TPSA) is 69.6 Å². The van der Waals surface area contributed by atoms with Crippen LogP contribution in [-0.4, -0.2) is 87.4 Å². The Kier molecular flexibility index (Phi) is 8.10. The van der Waals surface area contributed by atoms with Gasteiger partial charge in [-0.15, -0.1) is 0 Å². The molecule has 1 amide bonds. The fraction of sp³-hybridized carbons (Fsp3) is 0.667. The Morgan fingerprint density at radius 2 is 1.78 bits per heavy atom. The molecule has 2 heterocycles. The van der Waals surface area contributed by atoms with Crippen LogP contribution in [-0.2, 0) is 4.74 Å². The van der Waals surface area contributed by atoms with E-state index in [4.69, 9.17) is 9.47 Å². The molecule has 3 rings (SSSR count). The molecule has 1 aromatic carbocycles. The maximum atomic E-state index is 12.3. The first-order valence-corrected chi connectivity index (χ1v) is 11.6. The van der Waals surface area contributed by atoms with Crippen molar-refractivity contribution >= 4 is 17.7 Å². The molecular weight excluding hydrogens is 406 g/mol. The second kappa shape index (κ2) is 10.8. The lowest BCUT2D eigenvalue weighted by Gasteiger charge is -2.38. The molecule has 8 heteroatoms. The molecule has 8 nitrogen and oxygen atoms in total. The highest BCUT2D eigenvalue weighted by atomic mass is 16.6. The van der Waals surface area contributed by atoms with Gasteiger partial charge in [-0.05, 0) is 51.7 Å². The molecule has 178 valence electrons. The molecule has 1 N–H and O–H groups in total. The number of amides is 1. The molecule has 32 heavy (non-hydrogen) atoms. The number of likely N-dealkylation sites (tertiary alicyclic amines) is 1. The molecule has 0 aliphatic carbocycles. The Morgan fingerprint density at radius 3 is 2.38 bits per heavy atom. The van der Waals surface area contributed by atoms with Crippen molar-refractivity contribution in [2.75, 3.05) is 64.9 Å². The summed E-state index contributed by atoms with van der Waals surface area (Å²) in [5, 5.41) is 3.57. The normalized spacial score (nSPS) is 18.5. The second-order valence-corrected chi connectivity index (χ2v) is 9.51. The summed E-state index contributed by atoms with van der Waals surface area (Å²) >= 11 is 0. The van der Waals surface area contributed by atoms with Gasteiger partial charge in [0.1, 0.15) is 11.4 Å². The SMILES string of the molecule is CN=C(NCC1CCN(C(=O)OC(C)(C)C)CC1)N1CCN(c2cccc(OC)c2)CC1. The molecule has 2 saturated heterocycles. The molecule has 2 aliphatic rings. The number of aliphatic imine (C=N–C) groups is 1. The highest BCUT2D eigenvalue weighted by molar-refractivity contribution is 5.80. The number of carbonyl (C=O) groups is 1. The Hall–Kier alpha value is -2.64. The molecule has 0 unspecified atom stereocenters. The van der Waals surface area contributed by atoms with Crippen molar-refractivity contribution < 1.29 is 14.3 Å². The van der Waals surface area contributed by atoms with E-state index in [-0.39, 0.29) is 6.09 Å². The van der Waals surface area contributed by atoms with Crippen molar-refractivity contribution in [3.8, 4) is 5.75 Å². The van der Waals surface area contributed by atoms with Crippen molar-refractivity contribution in [3.05, 3.63) is 24.3 Å². The first-order chi connectivity index (χ1) is 15.3. The van der Waals surface area contributed by atoms with E-state index < -0.39 is 5.60 Å². The zero-order valence-corrected chi connectivity index (χ0v) is 20.3. The van der Waals surface area contributed by atoms with Crippen LogP contribution in [0, 0.1) is 5.92 Å². The number of rotatable bonds is 4. The minimum absolute atomic E-state index is 0.200. The van der Waals surface area contributed by atoms with E-state index in [0.29, 0.717) is 5.92 Å². The third kappa shape index (κ3) is 6.68. The van der Waals surface area contributed by atoms with Crippen LogP contribution in [0.15, 0.2) is 29.3 Å². The van der Waals surface area contributed by atoms with Crippen LogP contribution in [0.1, 0.15) is 33.6 Å². The molecule has 0 bridgehead atoms. The van der Waals surface area contributed by atoms with E-state index in [1.165, 1.54) is 5.69 Å². The lowest BCUT2D eigenvalue weighted by atomic mass is 9.97. The number of hydrogen-bond acceptors (Lipinski definition) is 5. The van der Waals surface area contributed by atoms with Crippen LogP contribution >= 0.6 is 0 Å². The zero-order chi connectivity index (χ0) is 23.1. The average molecular weight is 446 g/mol. The van der Waals surface area contributed by atoms with Gasteiger partial charge < -0.3 is 29.5 Å². The Morgan fingerprint density at radius 1 is 1.09 bits per heavy atom. The summed E-state index contributed by atoms with van der Waals surface area (Å²) in [7, 11) is 3.55. The number of methoxy groups -OCH3 is 1. The lowest BCUT2D eigenvalue weighted by molar-refractivity contribution is 0.0185. The minimum atomic E-state index is -0.446. The zero-order valence-electron chi connectivity index (χ0n) is 20.3. The number of anilines is 1. The van der Waals surface area contributed by atoms with Gasteiger partial charge in [0.05, 0.1) is 7.11 Å². The van der Waals surface area contributed by atoms with Crippen LogP contribution in [0.5, 0.6) is 5.75 Å². The summed E-state index contributed by atoms with van der Waals surface area (Å²) in [5.41, 5.74) is 0.752. The molecule has 0 radical (unpaired) electrons. The summed E-state index contributed by atoms with van der Waals surface area (Å²) in [6, 6.07) is 8.24. The first kappa shape index (κ1) is 24.0. The van der Waals surface area contributed by atoms with Crippen LogP contribution in [0.2, 0.25) is 0 Å². The van der Waals surface area contributed by atoms with Crippen LogP contribution < -0.4 is 15.0 Å². The number of ether oxygens (including phenoxy) is 2. The Balaban J connectivity index is 1.42. The van der Waals surface area contributed by atoms with Gasteiger partial charge in [0, 0.05) is 64.6 Å². The third-order valence-electron chi connectivity index (χ3n) is 6.02. The average Bonchev–Trinajstić information content (AvgIpc) is 2.79. The number of piperidine rings is 1. The monoisotopic (exact) mass is 445 g/mol. The van der Waals surface area contributed by atoms with E-state index in [9.17, 15) is 4.79 Å². The maximum Gasteiger partial charge on any atom is 0.410 e. The molecule has 1 aromatic rings. The smallest absolute Gasteiger partial charge is 0.410 e. The third-order valence-corrected chi connectivity index (χ3v) is 6.02. The number of carbonyl (C=O) groups excluding carboxylic acids is 1. The van der Waals surface area contributed by atoms with Gasteiger partial charge in [-0.3, -0.25) is 4.99 Å². The second-order valence-electron chi connectivity index (χ2n) is 9.51. The van der Waals surface area contributed by atoms with E-state index in [0.717, 1.165) is 70.4 Å². The van der Waals surface area contributed by atoms with Gasteiger partial charge in [0.2, 0.25) is 0 Å². The van der Waals surface area contributed by atoms with E-state index in [2.05, 4.69) is 32.2 Å². The van der Waals surface area contributed by atoms with Gasteiger partial charge >= 0.3 is 6.09 Å². The number of nitrogens with zero attached hydrogens (tertiary/aromatic N) is 4. The Labute approximate surface area is 192 Å². The van der Waals surface area contributed by atoms with Gasteiger partial charge in [0.25, 0.3) is 0 Å². The van der Waals surface area contributed by atoms with Crippen molar-refractivity contribution in [1.29, 1.82) is 0 Å². The number of guanidine groups is 1. The van der Waals surface area contributed by atoms with Crippen molar-refractivity contribution in [3.63, 3.8) is 0 Å². The van der Waals surface area contributed by atoms with Crippen LogP contribution in [0.3, 0.4) is 0 Å². The molecule has 0 spiro atoms. The molecule has 0 atom stereocenters. The standard InChI is InChI=1S/C24H39N5O3/c1-24(2,3)32-23(30)29-11-9-19(10-12-29)18-26-22(25-4)28-15-13-27(14-16-28)20-7-6-8-21(17-20)31-5/h6-8,17,19H,9-16,18H2,1-5H3,(H,25,26). The van der Waals surface area contributed by atoms with Gasteiger partial charge in [-0.1, -0.05) is 6.07 Å². The fourth-order valence-electron chi connectivity index (χ4n) is 4.20. The van der Waals surface area contributed by atoms with Crippen LogP contribution in [0.4, 0.5) is 10.5 Å².